The molecule has 0 radical (unpaired) electrons. The van der Waals surface area contributed by atoms with Crippen LogP contribution in [-0.4, -0.2) is 13.2 Å². The normalized spacial score (nSPS) is 12.0. The fraction of sp³-hybridized carbons (Fsp3) is 1.00. The zero-order valence-electron chi connectivity index (χ0n) is 9.74. The van der Waals surface area contributed by atoms with E-state index in [-0.39, 0.29) is 0 Å². The van der Waals surface area contributed by atoms with Crippen molar-refractivity contribution in [3.63, 3.8) is 0 Å². The molecule has 2 nitrogen and oxygen atoms in total. The zero-order valence-corrected chi connectivity index (χ0v) is 12.3. The Morgan fingerprint density at radius 1 is 0.800 bits per heavy atom. The molecule has 0 aliphatic carbocycles. The van der Waals surface area contributed by atoms with Gasteiger partial charge in [-0.1, -0.05) is 39.5 Å². The van der Waals surface area contributed by atoms with Crippen LogP contribution in [0.2, 0.25) is 0 Å². The standard InChI is InChI=1S/C10H23O2PS2/c1-3-5-7-8-10-12-13(14,15)11-9-6-4-2/h3-10H2,1-2H3,(H,14,15)/p-1. The van der Waals surface area contributed by atoms with Crippen LogP contribution in [0.25, 0.3) is 0 Å². The maximum Gasteiger partial charge on any atom is 0.0892 e. The molecule has 0 spiro atoms. The van der Waals surface area contributed by atoms with Crippen molar-refractivity contribution in [2.24, 2.45) is 0 Å². The lowest BCUT2D eigenvalue weighted by Gasteiger charge is -2.34. The third kappa shape index (κ3) is 11.3. The third-order valence-electron chi connectivity index (χ3n) is 1.99. The number of rotatable bonds is 10. The highest BCUT2D eigenvalue weighted by atomic mass is 33.1. The molecule has 0 fully saturated rings. The average molecular weight is 269 g/mol. The van der Waals surface area contributed by atoms with E-state index in [0.29, 0.717) is 13.2 Å². The molecule has 0 aromatic carbocycles. The molecular weight excluding hydrogens is 247 g/mol. The minimum absolute atomic E-state index is 0.645. The summed E-state index contributed by atoms with van der Waals surface area (Å²) < 4.78 is 10.8. The van der Waals surface area contributed by atoms with E-state index < -0.39 is 6.12 Å². The van der Waals surface area contributed by atoms with E-state index in [2.05, 4.69) is 13.8 Å². The van der Waals surface area contributed by atoms with Gasteiger partial charge < -0.3 is 24.5 Å². The SMILES string of the molecule is CCCCCCO[P+]([S-])([S-])OCCCC. The molecule has 0 aliphatic rings. The Kier molecular flexibility index (Phi) is 10.9. The molecule has 0 aromatic rings. The van der Waals surface area contributed by atoms with Crippen LogP contribution in [0.1, 0.15) is 52.4 Å². The summed E-state index contributed by atoms with van der Waals surface area (Å²) in [4.78, 5) is 0. The summed E-state index contributed by atoms with van der Waals surface area (Å²) in [6, 6.07) is 0. The van der Waals surface area contributed by atoms with Crippen molar-refractivity contribution in [1.29, 1.82) is 0 Å². The third-order valence-corrected chi connectivity index (χ3v) is 4.26. The Balaban J connectivity index is 3.38. The van der Waals surface area contributed by atoms with Gasteiger partial charge in [0.2, 0.25) is 0 Å². The van der Waals surface area contributed by atoms with Crippen LogP contribution in [0.4, 0.5) is 0 Å². The minimum Gasteiger partial charge on any atom is -0.516 e. The Morgan fingerprint density at radius 3 is 1.87 bits per heavy atom. The van der Waals surface area contributed by atoms with Gasteiger partial charge in [-0.05, 0) is 12.8 Å². The summed E-state index contributed by atoms with van der Waals surface area (Å²) in [5, 5.41) is 0. The highest BCUT2D eigenvalue weighted by Gasteiger charge is 2.09. The molecular formula is C10H22O2PS2-. The Labute approximate surface area is 105 Å². The molecule has 0 rings (SSSR count). The van der Waals surface area contributed by atoms with Crippen molar-refractivity contribution in [3.05, 3.63) is 0 Å². The van der Waals surface area contributed by atoms with Crippen molar-refractivity contribution >= 4 is 30.6 Å². The predicted molar refractivity (Wildman–Crippen MR) is 72.6 cm³/mol. The van der Waals surface area contributed by atoms with E-state index in [9.17, 15) is 0 Å². The Morgan fingerprint density at radius 2 is 1.33 bits per heavy atom. The molecule has 0 N–H and O–H groups in total. The molecule has 0 saturated carbocycles. The van der Waals surface area contributed by atoms with Gasteiger partial charge in [-0.15, -0.1) is 0 Å². The summed E-state index contributed by atoms with van der Waals surface area (Å²) in [5.74, 6) is 0. The number of hydrogen-bond donors (Lipinski definition) is 0. The van der Waals surface area contributed by atoms with Crippen LogP contribution in [-0.2, 0) is 33.5 Å². The van der Waals surface area contributed by atoms with Gasteiger partial charge >= 0.3 is 0 Å². The van der Waals surface area contributed by atoms with Crippen LogP contribution < -0.4 is 0 Å². The van der Waals surface area contributed by atoms with Gasteiger partial charge in [0.25, 0.3) is 0 Å². The van der Waals surface area contributed by atoms with Gasteiger partial charge in [-0.25, -0.2) is 0 Å². The van der Waals surface area contributed by atoms with E-state index >= 15 is 0 Å². The first-order valence-corrected chi connectivity index (χ1v) is 9.37. The maximum absolute atomic E-state index is 5.44. The fourth-order valence-corrected chi connectivity index (χ4v) is 2.74. The maximum atomic E-state index is 5.44. The van der Waals surface area contributed by atoms with Crippen LogP contribution in [0.15, 0.2) is 0 Å². The summed E-state index contributed by atoms with van der Waals surface area (Å²) in [6.07, 6.45) is 4.47. The molecule has 0 atom stereocenters. The monoisotopic (exact) mass is 269 g/mol. The van der Waals surface area contributed by atoms with Gasteiger partial charge in [0.15, 0.2) is 0 Å². The average Bonchev–Trinajstić information content (AvgIpc) is 2.17. The lowest BCUT2D eigenvalue weighted by molar-refractivity contribution is 0.249. The molecule has 92 valence electrons. The van der Waals surface area contributed by atoms with E-state index in [0.717, 1.165) is 19.3 Å². The quantitative estimate of drug-likeness (QED) is 0.336. The van der Waals surface area contributed by atoms with Crippen molar-refractivity contribution in [1.82, 2.24) is 0 Å². The number of unbranched alkanes of at least 4 members (excludes halogenated alkanes) is 4. The molecule has 0 heterocycles. The largest absolute Gasteiger partial charge is 0.516 e. The molecule has 0 aliphatic heterocycles. The second-order valence-electron chi connectivity index (χ2n) is 3.53. The van der Waals surface area contributed by atoms with Crippen LogP contribution >= 0.6 is 6.12 Å². The van der Waals surface area contributed by atoms with Gasteiger partial charge in [-0.2, -0.15) is 0 Å². The van der Waals surface area contributed by atoms with Crippen LogP contribution in [0, 0.1) is 0 Å². The second-order valence-corrected chi connectivity index (χ2v) is 8.52. The molecule has 0 bridgehead atoms. The first kappa shape index (κ1) is 16.1. The minimum atomic E-state index is -2.35. The second kappa shape index (κ2) is 10.2. The van der Waals surface area contributed by atoms with Gasteiger partial charge in [0.05, 0.1) is 13.2 Å². The topological polar surface area (TPSA) is 18.5 Å². The van der Waals surface area contributed by atoms with Crippen LogP contribution in [0.5, 0.6) is 0 Å². The molecule has 15 heavy (non-hydrogen) atoms. The Bertz CT molecular complexity index is 145. The molecule has 0 amide bonds. The van der Waals surface area contributed by atoms with E-state index in [1.807, 2.05) is 0 Å². The summed E-state index contributed by atoms with van der Waals surface area (Å²) >= 11 is 10.2. The summed E-state index contributed by atoms with van der Waals surface area (Å²) in [6.45, 7) is 5.60. The zero-order chi connectivity index (χ0) is 11.6. The lowest BCUT2D eigenvalue weighted by Crippen LogP contribution is -2.01. The van der Waals surface area contributed by atoms with Gasteiger partial charge in [0.1, 0.15) is 0 Å². The summed E-state index contributed by atoms with van der Waals surface area (Å²) in [5.41, 5.74) is 0. The molecule has 0 unspecified atom stereocenters. The highest BCUT2D eigenvalue weighted by Crippen LogP contribution is 2.56. The molecule has 0 saturated heterocycles. The lowest BCUT2D eigenvalue weighted by atomic mass is 10.2. The van der Waals surface area contributed by atoms with E-state index in [4.69, 9.17) is 33.5 Å². The predicted octanol–water partition coefficient (Wildman–Crippen LogP) is 4.17. The van der Waals surface area contributed by atoms with Crippen molar-refractivity contribution in [2.45, 2.75) is 52.4 Å². The van der Waals surface area contributed by atoms with Crippen molar-refractivity contribution < 1.29 is 9.05 Å². The molecule has 0 aromatic heterocycles. The van der Waals surface area contributed by atoms with Crippen molar-refractivity contribution in [3.8, 4) is 0 Å². The van der Waals surface area contributed by atoms with E-state index in [1.54, 1.807) is 0 Å². The van der Waals surface area contributed by atoms with Crippen LogP contribution in [0.3, 0.4) is 0 Å². The Hall–Kier alpha value is 1.05. The highest BCUT2D eigenvalue weighted by molar-refractivity contribution is 8.69. The smallest absolute Gasteiger partial charge is 0.0892 e. The first-order valence-electron chi connectivity index (χ1n) is 5.72. The van der Waals surface area contributed by atoms with E-state index in [1.165, 1.54) is 19.3 Å². The number of hydrogen-bond acceptors (Lipinski definition) is 4. The first-order chi connectivity index (χ1) is 7.12. The fourth-order valence-electron chi connectivity index (χ4n) is 1.06. The summed E-state index contributed by atoms with van der Waals surface area (Å²) in [7, 11) is 0. The van der Waals surface area contributed by atoms with Gasteiger partial charge in [0, 0.05) is 6.12 Å². The van der Waals surface area contributed by atoms with Gasteiger partial charge in [-0.3, -0.25) is 9.05 Å². The molecule has 5 heteroatoms. The van der Waals surface area contributed by atoms with Crippen molar-refractivity contribution in [2.75, 3.05) is 13.2 Å².